The van der Waals surface area contributed by atoms with Crippen LogP contribution in [0.5, 0.6) is 0 Å². The molecule has 1 aromatic carbocycles. The fourth-order valence-electron chi connectivity index (χ4n) is 3.44. The maximum atomic E-state index is 10.1. The van der Waals surface area contributed by atoms with Gasteiger partial charge in [0.25, 0.3) is 0 Å². The van der Waals surface area contributed by atoms with E-state index in [1.165, 1.54) is 24.1 Å². The van der Waals surface area contributed by atoms with Crippen molar-refractivity contribution in [1.82, 2.24) is 0 Å². The lowest BCUT2D eigenvalue weighted by Gasteiger charge is -2.40. The van der Waals surface area contributed by atoms with Gasteiger partial charge in [-0.05, 0) is 43.2 Å². The lowest BCUT2D eigenvalue weighted by atomic mass is 9.92. The molecule has 0 radical (unpaired) electrons. The van der Waals surface area contributed by atoms with E-state index in [-0.39, 0.29) is 6.10 Å². The first-order valence-electron chi connectivity index (χ1n) is 6.78. The van der Waals surface area contributed by atoms with E-state index >= 15 is 0 Å². The van der Waals surface area contributed by atoms with Crippen LogP contribution >= 0.6 is 0 Å². The number of anilines is 1. The van der Waals surface area contributed by atoms with Gasteiger partial charge in [-0.25, -0.2) is 0 Å². The number of para-hydroxylation sites is 1. The molecule has 0 amide bonds. The summed E-state index contributed by atoms with van der Waals surface area (Å²) in [6.45, 7) is 3.41. The molecule has 0 aromatic heterocycles. The number of aliphatic hydroxyl groups is 1. The Morgan fingerprint density at radius 3 is 2.82 bits per heavy atom. The number of hydrogen-bond acceptors (Lipinski definition) is 2. The summed E-state index contributed by atoms with van der Waals surface area (Å²) in [5, 5.41) is 10.1. The topological polar surface area (TPSA) is 23.5 Å². The van der Waals surface area contributed by atoms with E-state index in [1.807, 2.05) is 0 Å². The van der Waals surface area contributed by atoms with Gasteiger partial charge in [-0.2, -0.15) is 0 Å². The smallest absolute Gasteiger partial charge is 0.0743 e. The highest BCUT2D eigenvalue weighted by Gasteiger charge is 2.34. The summed E-state index contributed by atoms with van der Waals surface area (Å²) in [6, 6.07) is 9.04. The highest BCUT2D eigenvalue weighted by Crippen LogP contribution is 2.35. The Balaban J connectivity index is 1.94. The van der Waals surface area contributed by atoms with E-state index in [0.717, 1.165) is 19.4 Å². The molecule has 1 saturated carbocycles. The molecule has 1 aromatic rings. The lowest BCUT2D eigenvalue weighted by molar-refractivity contribution is 0.158. The van der Waals surface area contributed by atoms with Gasteiger partial charge in [0, 0.05) is 12.2 Å². The summed E-state index contributed by atoms with van der Waals surface area (Å²) in [5.41, 5.74) is 2.81. The van der Waals surface area contributed by atoms with E-state index in [9.17, 15) is 5.11 Å². The average molecular weight is 231 g/mol. The predicted octanol–water partition coefficient (Wildman–Crippen LogP) is 2.60. The van der Waals surface area contributed by atoms with Crippen molar-refractivity contribution in [3.63, 3.8) is 0 Å². The quantitative estimate of drug-likeness (QED) is 0.803. The Morgan fingerprint density at radius 2 is 2.06 bits per heavy atom. The highest BCUT2D eigenvalue weighted by atomic mass is 16.3. The minimum Gasteiger partial charge on any atom is -0.391 e. The molecule has 1 unspecified atom stereocenters. The number of nitrogens with zero attached hydrogens (tertiary/aromatic N) is 1. The van der Waals surface area contributed by atoms with Crippen LogP contribution in [0.3, 0.4) is 0 Å². The molecule has 2 aliphatic rings. The monoisotopic (exact) mass is 231 g/mol. The number of fused-ring (bicyclic) bond motifs is 1. The Kier molecular flexibility index (Phi) is 2.83. The van der Waals surface area contributed by atoms with Gasteiger partial charge in [0.2, 0.25) is 0 Å². The first kappa shape index (κ1) is 11.1. The zero-order valence-corrected chi connectivity index (χ0v) is 10.5. The van der Waals surface area contributed by atoms with Crippen LogP contribution < -0.4 is 4.90 Å². The maximum absolute atomic E-state index is 10.1. The summed E-state index contributed by atoms with van der Waals surface area (Å²) < 4.78 is 0. The van der Waals surface area contributed by atoms with E-state index in [0.29, 0.717) is 12.0 Å². The van der Waals surface area contributed by atoms with Crippen LogP contribution in [0.4, 0.5) is 5.69 Å². The summed E-state index contributed by atoms with van der Waals surface area (Å²) in [7, 11) is 0. The first-order chi connectivity index (χ1) is 8.25. The van der Waals surface area contributed by atoms with Crippen molar-refractivity contribution in [2.24, 2.45) is 5.92 Å². The van der Waals surface area contributed by atoms with Gasteiger partial charge in [-0.1, -0.05) is 25.1 Å². The van der Waals surface area contributed by atoms with Gasteiger partial charge < -0.3 is 10.0 Å². The van der Waals surface area contributed by atoms with Gasteiger partial charge in [0.05, 0.1) is 12.1 Å². The lowest BCUT2D eigenvalue weighted by Crippen LogP contribution is -2.45. The number of benzene rings is 1. The standard InChI is InChI=1S/C15H21NO/c1-11-9-12-5-2-3-6-13(12)16(10-11)14-7-4-8-15(14)17/h2-3,5-6,11,14-15,17H,4,7-10H2,1H3/t11?,14-,15-/m1/s1. The van der Waals surface area contributed by atoms with Crippen LogP contribution in [0.25, 0.3) is 0 Å². The zero-order valence-electron chi connectivity index (χ0n) is 10.5. The highest BCUT2D eigenvalue weighted by molar-refractivity contribution is 5.56. The Labute approximate surface area is 103 Å². The van der Waals surface area contributed by atoms with Crippen LogP contribution in [0.2, 0.25) is 0 Å². The van der Waals surface area contributed by atoms with Crippen LogP contribution in [0, 0.1) is 5.92 Å². The molecule has 17 heavy (non-hydrogen) atoms. The fourth-order valence-corrected chi connectivity index (χ4v) is 3.44. The van der Waals surface area contributed by atoms with Crippen molar-refractivity contribution in [3.05, 3.63) is 29.8 Å². The Morgan fingerprint density at radius 1 is 1.24 bits per heavy atom. The molecule has 2 heteroatoms. The minimum atomic E-state index is -0.131. The second kappa shape index (κ2) is 4.34. The van der Waals surface area contributed by atoms with Crippen molar-refractivity contribution < 1.29 is 5.11 Å². The summed E-state index contributed by atoms with van der Waals surface area (Å²) in [6.07, 6.45) is 4.32. The summed E-state index contributed by atoms with van der Waals surface area (Å²) in [4.78, 5) is 2.46. The average Bonchev–Trinajstić information content (AvgIpc) is 2.74. The van der Waals surface area contributed by atoms with Crippen LogP contribution in [-0.4, -0.2) is 23.8 Å². The first-order valence-corrected chi connectivity index (χ1v) is 6.78. The van der Waals surface area contributed by atoms with Crippen molar-refractivity contribution in [1.29, 1.82) is 0 Å². The van der Waals surface area contributed by atoms with Gasteiger partial charge in [-0.15, -0.1) is 0 Å². The van der Waals surface area contributed by atoms with E-state index < -0.39 is 0 Å². The molecule has 0 bridgehead atoms. The van der Waals surface area contributed by atoms with Gasteiger partial charge in [-0.3, -0.25) is 0 Å². The molecular weight excluding hydrogens is 210 g/mol. The SMILES string of the molecule is CC1Cc2ccccc2N([C@@H]2CCC[C@H]2O)C1. The largest absolute Gasteiger partial charge is 0.391 e. The van der Waals surface area contributed by atoms with Crippen LogP contribution in [-0.2, 0) is 6.42 Å². The van der Waals surface area contributed by atoms with Crippen LogP contribution in [0.1, 0.15) is 31.7 Å². The zero-order chi connectivity index (χ0) is 11.8. The third kappa shape index (κ3) is 1.95. The molecule has 1 heterocycles. The Hall–Kier alpha value is -1.02. The summed E-state index contributed by atoms with van der Waals surface area (Å²) in [5.74, 6) is 0.692. The van der Waals surface area contributed by atoms with Gasteiger partial charge in [0.15, 0.2) is 0 Å². The molecular formula is C15H21NO. The fraction of sp³-hybridized carbons (Fsp3) is 0.600. The van der Waals surface area contributed by atoms with Gasteiger partial charge in [0.1, 0.15) is 0 Å². The second-order valence-corrected chi connectivity index (χ2v) is 5.66. The molecule has 3 rings (SSSR count). The Bertz CT molecular complexity index is 404. The van der Waals surface area contributed by atoms with Crippen molar-refractivity contribution in [2.45, 2.75) is 44.8 Å². The second-order valence-electron chi connectivity index (χ2n) is 5.66. The maximum Gasteiger partial charge on any atom is 0.0743 e. The van der Waals surface area contributed by atoms with Crippen molar-refractivity contribution in [3.8, 4) is 0 Å². The summed E-state index contributed by atoms with van der Waals surface area (Å²) >= 11 is 0. The van der Waals surface area contributed by atoms with E-state index in [2.05, 4.69) is 36.1 Å². The molecule has 3 atom stereocenters. The molecule has 1 aliphatic carbocycles. The molecule has 1 N–H and O–H groups in total. The molecule has 0 spiro atoms. The molecule has 2 nitrogen and oxygen atoms in total. The molecule has 1 fully saturated rings. The third-order valence-electron chi connectivity index (χ3n) is 4.22. The number of rotatable bonds is 1. The van der Waals surface area contributed by atoms with Gasteiger partial charge >= 0.3 is 0 Å². The van der Waals surface area contributed by atoms with Crippen LogP contribution in [0.15, 0.2) is 24.3 Å². The molecule has 92 valence electrons. The third-order valence-corrected chi connectivity index (χ3v) is 4.22. The predicted molar refractivity (Wildman–Crippen MR) is 70.3 cm³/mol. The minimum absolute atomic E-state index is 0.131. The van der Waals surface area contributed by atoms with Crippen molar-refractivity contribution >= 4 is 5.69 Å². The van der Waals surface area contributed by atoms with E-state index in [1.54, 1.807) is 0 Å². The normalized spacial score (nSPS) is 32.6. The molecule has 1 aliphatic heterocycles. The molecule has 0 saturated heterocycles. The van der Waals surface area contributed by atoms with Crippen molar-refractivity contribution in [2.75, 3.05) is 11.4 Å². The number of hydrogen-bond donors (Lipinski definition) is 1. The number of aliphatic hydroxyl groups excluding tert-OH is 1. The van der Waals surface area contributed by atoms with E-state index in [4.69, 9.17) is 0 Å².